The number of benzene rings is 1. The van der Waals surface area contributed by atoms with E-state index in [0.29, 0.717) is 5.41 Å². The Labute approximate surface area is 111 Å². The van der Waals surface area contributed by atoms with E-state index in [1.54, 1.807) is 0 Å². The number of anilines is 2. The number of nitrogen functional groups attached to an aromatic ring is 1. The van der Waals surface area contributed by atoms with E-state index in [1.165, 1.54) is 24.1 Å². The molecule has 0 bridgehead atoms. The summed E-state index contributed by atoms with van der Waals surface area (Å²) >= 11 is 0. The van der Waals surface area contributed by atoms with Crippen LogP contribution in [0.1, 0.15) is 39.2 Å². The molecule has 100 valence electrons. The van der Waals surface area contributed by atoms with Gasteiger partial charge in [0.05, 0.1) is 0 Å². The molecule has 2 N–H and O–H groups in total. The second kappa shape index (κ2) is 4.83. The second-order valence-electron chi connectivity index (χ2n) is 6.67. The highest BCUT2D eigenvalue weighted by atomic mass is 15.1. The highest BCUT2D eigenvalue weighted by Gasteiger charge is 2.29. The van der Waals surface area contributed by atoms with Gasteiger partial charge in [0.1, 0.15) is 0 Å². The van der Waals surface area contributed by atoms with Crippen molar-refractivity contribution < 1.29 is 0 Å². The number of aryl methyl sites for hydroxylation is 1. The van der Waals surface area contributed by atoms with Gasteiger partial charge in [0.25, 0.3) is 0 Å². The summed E-state index contributed by atoms with van der Waals surface area (Å²) in [5, 5.41) is 0. The maximum atomic E-state index is 5.90. The molecule has 0 atom stereocenters. The van der Waals surface area contributed by atoms with Gasteiger partial charge in [-0.3, -0.25) is 0 Å². The first-order valence-corrected chi connectivity index (χ1v) is 6.99. The standard InChI is InChI=1S/C16H26N2/c1-12-5-6-14(17)11-15(12)18-9-7-13(8-10-18)16(2,3)4/h5-6,11,13H,7-10,17H2,1-4H3. The highest BCUT2D eigenvalue weighted by Crippen LogP contribution is 2.36. The summed E-state index contributed by atoms with van der Waals surface area (Å²) in [6.45, 7) is 11.6. The van der Waals surface area contributed by atoms with Crippen LogP contribution in [0.3, 0.4) is 0 Å². The number of rotatable bonds is 1. The maximum Gasteiger partial charge on any atom is 0.0416 e. The van der Waals surface area contributed by atoms with E-state index in [4.69, 9.17) is 5.73 Å². The van der Waals surface area contributed by atoms with Gasteiger partial charge in [-0.1, -0.05) is 26.8 Å². The number of nitrogens with two attached hydrogens (primary N) is 1. The Morgan fingerprint density at radius 2 is 1.78 bits per heavy atom. The molecule has 0 saturated carbocycles. The maximum absolute atomic E-state index is 5.90. The third kappa shape index (κ3) is 2.80. The van der Waals surface area contributed by atoms with E-state index in [2.05, 4.69) is 44.7 Å². The van der Waals surface area contributed by atoms with Crippen LogP contribution < -0.4 is 10.6 Å². The molecule has 1 aromatic carbocycles. The molecule has 1 fully saturated rings. The predicted octanol–water partition coefficient (Wildman–Crippen LogP) is 3.84. The lowest BCUT2D eigenvalue weighted by Crippen LogP contribution is -2.38. The lowest BCUT2D eigenvalue weighted by Gasteiger charge is -2.40. The van der Waals surface area contributed by atoms with Crippen LogP contribution in [0.5, 0.6) is 0 Å². The van der Waals surface area contributed by atoms with Gasteiger partial charge in [0.15, 0.2) is 0 Å². The lowest BCUT2D eigenvalue weighted by atomic mass is 9.75. The molecular formula is C16H26N2. The summed E-state index contributed by atoms with van der Waals surface area (Å²) in [4.78, 5) is 2.49. The minimum absolute atomic E-state index is 0.441. The Morgan fingerprint density at radius 3 is 2.33 bits per heavy atom. The summed E-state index contributed by atoms with van der Waals surface area (Å²) in [7, 11) is 0. The molecule has 0 aliphatic carbocycles. The van der Waals surface area contributed by atoms with Crippen molar-refractivity contribution in [3.8, 4) is 0 Å². The minimum atomic E-state index is 0.441. The molecule has 0 spiro atoms. The fraction of sp³-hybridized carbons (Fsp3) is 0.625. The third-order valence-corrected chi connectivity index (χ3v) is 4.29. The van der Waals surface area contributed by atoms with E-state index in [-0.39, 0.29) is 0 Å². The fourth-order valence-electron chi connectivity index (χ4n) is 2.95. The molecule has 1 saturated heterocycles. The van der Waals surface area contributed by atoms with Crippen LogP contribution in [0.15, 0.2) is 18.2 Å². The Bertz CT molecular complexity index is 410. The van der Waals surface area contributed by atoms with E-state index < -0.39 is 0 Å². The lowest BCUT2D eigenvalue weighted by molar-refractivity contribution is 0.199. The molecule has 2 rings (SSSR count). The summed E-state index contributed by atoms with van der Waals surface area (Å²) in [6, 6.07) is 6.23. The van der Waals surface area contributed by atoms with Gasteiger partial charge in [-0.2, -0.15) is 0 Å². The SMILES string of the molecule is Cc1ccc(N)cc1N1CCC(C(C)(C)C)CC1. The van der Waals surface area contributed by atoms with Crippen LogP contribution in [0.25, 0.3) is 0 Å². The molecule has 0 aromatic heterocycles. The van der Waals surface area contributed by atoms with Gasteiger partial charge in [-0.05, 0) is 48.8 Å². The number of hydrogen-bond acceptors (Lipinski definition) is 2. The van der Waals surface area contributed by atoms with Crippen LogP contribution >= 0.6 is 0 Å². The van der Waals surface area contributed by atoms with Crippen LogP contribution in [-0.4, -0.2) is 13.1 Å². The van der Waals surface area contributed by atoms with Gasteiger partial charge in [-0.15, -0.1) is 0 Å². The predicted molar refractivity (Wildman–Crippen MR) is 80.0 cm³/mol. The van der Waals surface area contributed by atoms with Gasteiger partial charge in [-0.25, -0.2) is 0 Å². The van der Waals surface area contributed by atoms with E-state index in [9.17, 15) is 0 Å². The molecule has 1 aromatic rings. The Balaban J connectivity index is 2.08. The van der Waals surface area contributed by atoms with Gasteiger partial charge in [0.2, 0.25) is 0 Å². The van der Waals surface area contributed by atoms with Crippen molar-refractivity contribution in [3.63, 3.8) is 0 Å². The molecule has 0 radical (unpaired) electrons. The summed E-state index contributed by atoms with van der Waals surface area (Å²) in [5.41, 5.74) is 9.87. The summed E-state index contributed by atoms with van der Waals surface area (Å²) in [5.74, 6) is 0.843. The Morgan fingerprint density at radius 1 is 1.17 bits per heavy atom. The van der Waals surface area contributed by atoms with Crippen molar-refractivity contribution in [1.29, 1.82) is 0 Å². The Kier molecular flexibility index (Phi) is 3.56. The first-order valence-electron chi connectivity index (χ1n) is 6.99. The quantitative estimate of drug-likeness (QED) is 0.763. The highest BCUT2D eigenvalue weighted by molar-refractivity contribution is 5.61. The second-order valence-corrected chi connectivity index (χ2v) is 6.67. The first-order chi connectivity index (χ1) is 8.38. The normalized spacial score (nSPS) is 18.1. The van der Waals surface area contributed by atoms with Gasteiger partial charge < -0.3 is 10.6 Å². The van der Waals surface area contributed by atoms with Crippen LogP contribution in [0.2, 0.25) is 0 Å². The molecular weight excluding hydrogens is 220 g/mol. The van der Waals surface area contributed by atoms with Crippen LogP contribution in [0, 0.1) is 18.3 Å². The molecule has 2 heteroatoms. The van der Waals surface area contributed by atoms with Gasteiger partial charge >= 0.3 is 0 Å². The van der Waals surface area contributed by atoms with E-state index in [0.717, 1.165) is 24.7 Å². The average Bonchev–Trinajstić information content (AvgIpc) is 2.31. The number of nitrogens with zero attached hydrogens (tertiary/aromatic N) is 1. The van der Waals surface area contributed by atoms with Gasteiger partial charge in [0, 0.05) is 24.5 Å². The molecule has 1 heterocycles. The van der Waals surface area contributed by atoms with Crippen LogP contribution in [-0.2, 0) is 0 Å². The van der Waals surface area contributed by atoms with E-state index >= 15 is 0 Å². The topological polar surface area (TPSA) is 29.3 Å². The summed E-state index contributed by atoms with van der Waals surface area (Å²) in [6.07, 6.45) is 2.58. The molecule has 2 nitrogen and oxygen atoms in total. The first kappa shape index (κ1) is 13.3. The zero-order chi connectivity index (χ0) is 13.3. The third-order valence-electron chi connectivity index (χ3n) is 4.29. The molecule has 0 unspecified atom stereocenters. The van der Waals surface area contributed by atoms with Crippen LogP contribution in [0.4, 0.5) is 11.4 Å². The molecule has 0 amide bonds. The smallest absolute Gasteiger partial charge is 0.0416 e. The summed E-state index contributed by atoms with van der Waals surface area (Å²) < 4.78 is 0. The molecule has 1 aliphatic rings. The van der Waals surface area contributed by atoms with Crippen molar-refractivity contribution in [2.75, 3.05) is 23.7 Å². The number of hydrogen-bond donors (Lipinski definition) is 1. The largest absolute Gasteiger partial charge is 0.399 e. The van der Waals surface area contributed by atoms with E-state index in [1.807, 2.05) is 6.07 Å². The van der Waals surface area contributed by atoms with Crippen molar-refractivity contribution in [3.05, 3.63) is 23.8 Å². The zero-order valence-corrected chi connectivity index (χ0v) is 12.2. The minimum Gasteiger partial charge on any atom is -0.399 e. The zero-order valence-electron chi connectivity index (χ0n) is 12.2. The van der Waals surface area contributed by atoms with Crippen molar-refractivity contribution in [1.82, 2.24) is 0 Å². The fourth-order valence-corrected chi connectivity index (χ4v) is 2.95. The van der Waals surface area contributed by atoms with Crippen molar-refractivity contribution >= 4 is 11.4 Å². The molecule has 18 heavy (non-hydrogen) atoms. The Hall–Kier alpha value is -1.18. The average molecular weight is 246 g/mol. The number of piperidine rings is 1. The molecule has 1 aliphatic heterocycles. The monoisotopic (exact) mass is 246 g/mol. The van der Waals surface area contributed by atoms with Crippen molar-refractivity contribution in [2.24, 2.45) is 11.3 Å². The van der Waals surface area contributed by atoms with Crippen molar-refractivity contribution in [2.45, 2.75) is 40.5 Å².